The summed E-state index contributed by atoms with van der Waals surface area (Å²) in [6.45, 7) is 0.552. The molecule has 0 aliphatic rings. The smallest absolute Gasteiger partial charge is 0.339 e. The van der Waals surface area contributed by atoms with E-state index in [-0.39, 0.29) is 18.7 Å². The van der Waals surface area contributed by atoms with Crippen LogP contribution in [-0.2, 0) is 4.74 Å². The van der Waals surface area contributed by atoms with Gasteiger partial charge >= 0.3 is 12.0 Å². The Bertz CT molecular complexity index is 733. The normalized spacial score (nSPS) is 9.84. The average molecular weight is 344 g/mol. The zero-order valence-corrected chi connectivity index (χ0v) is 14.1. The summed E-state index contributed by atoms with van der Waals surface area (Å²) >= 11 is 0. The SMILES string of the molecule is COC(=O)c1ccccc1NC(=O)NCCOc1ccccc1OC. The van der Waals surface area contributed by atoms with Crippen LogP contribution < -0.4 is 20.1 Å². The van der Waals surface area contributed by atoms with Crippen molar-refractivity contribution in [2.24, 2.45) is 0 Å². The summed E-state index contributed by atoms with van der Waals surface area (Å²) in [5.74, 6) is 0.706. The van der Waals surface area contributed by atoms with Gasteiger partial charge in [0.15, 0.2) is 11.5 Å². The number of hydrogen-bond donors (Lipinski definition) is 2. The first-order chi connectivity index (χ1) is 12.2. The molecule has 7 heteroatoms. The molecule has 132 valence electrons. The number of anilines is 1. The molecular formula is C18H20N2O5. The van der Waals surface area contributed by atoms with Gasteiger partial charge in [-0.1, -0.05) is 24.3 Å². The van der Waals surface area contributed by atoms with Crippen molar-refractivity contribution in [2.45, 2.75) is 0 Å². The molecular weight excluding hydrogens is 324 g/mol. The van der Waals surface area contributed by atoms with Crippen molar-refractivity contribution in [2.75, 3.05) is 32.7 Å². The monoisotopic (exact) mass is 344 g/mol. The van der Waals surface area contributed by atoms with Crippen LogP contribution in [0.4, 0.5) is 10.5 Å². The lowest BCUT2D eigenvalue weighted by atomic mass is 10.2. The van der Waals surface area contributed by atoms with Crippen molar-refractivity contribution >= 4 is 17.7 Å². The summed E-state index contributed by atoms with van der Waals surface area (Å²) in [6.07, 6.45) is 0. The van der Waals surface area contributed by atoms with Gasteiger partial charge in [-0.2, -0.15) is 0 Å². The highest BCUT2D eigenvalue weighted by atomic mass is 16.5. The lowest BCUT2D eigenvalue weighted by molar-refractivity contribution is 0.0602. The first kappa shape index (κ1) is 18.1. The van der Waals surface area contributed by atoms with Gasteiger partial charge in [0.1, 0.15) is 6.61 Å². The lowest BCUT2D eigenvalue weighted by Gasteiger charge is -2.12. The molecule has 0 aliphatic carbocycles. The molecule has 2 aromatic rings. The van der Waals surface area contributed by atoms with E-state index < -0.39 is 12.0 Å². The average Bonchev–Trinajstić information content (AvgIpc) is 2.65. The fraction of sp³-hybridized carbons (Fsp3) is 0.222. The maximum absolute atomic E-state index is 12.0. The largest absolute Gasteiger partial charge is 0.493 e. The molecule has 2 aromatic carbocycles. The number of methoxy groups -OCH3 is 2. The molecule has 0 aliphatic heterocycles. The molecule has 2 rings (SSSR count). The number of amides is 2. The van der Waals surface area contributed by atoms with Crippen LogP contribution in [0.15, 0.2) is 48.5 Å². The van der Waals surface area contributed by atoms with E-state index >= 15 is 0 Å². The van der Waals surface area contributed by atoms with Crippen LogP contribution in [0.1, 0.15) is 10.4 Å². The zero-order valence-electron chi connectivity index (χ0n) is 14.1. The number of para-hydroxylation sites is 3. The predicted molar refractivity (Wildman–Crippen MR) is 93.3 cm³/mol. The quantitative estimate of drug-likeness (QED) is 0.596. The second-order valence-electron chi connectivity index (χ2n) is 4.92. The van der Waals surface area contributed by atoms with Gasteiger partial charge in [-0.3, -0.25) is 0 Å². The highest BCUT2D eigenvalue weighted by Crippen LogP contribution is 2.25. The third-order valence-electron chi connectivity index (χ3n) is 3.29. The molecule has 0 unspecified atom stereocenters. The molecule has 7 nitrogen and oxygen atoms in total. The minimum atomic E-state index is -0.518. The zero-order chi connectivity index (χ0) is 18.1. The van der Waals surface area contributed by atoms with E-state index in [1.165, 1.54) is 7.11 Å². The summed E-state index contributed by atoms with van der Waals surface area (Å²) < 4.78 is 15.4. The van der Waals surface area contributed by atoms with E-state index in [0.717, 1.165) is 0 Å². The van der Waals surface area contributed by atoms with E-state index in [1.807, 2.05) is 12.1 Å². The molecule has 0 bridgehead atoms. The topological polar surface area (TPSA) is 85.9 Å². The summed E-state index contributed by atoms with van der Waals surface area (Å²) in [4.78, 5) is 23.6. The number of carbonyl (C=O) groups excluding carboxylic acids is 2. The second-order valence-corrected chi connectivity index (χ2v) is 4.92. The van der Waals surface area contributed by atoms with Gasteiger partial charge in [0.25, 0.3) is 0 Å². The number of ether oxygens (including phenoxy) is 3. The Morgan fingerprint density at radius 2 is 1.64 bits per heavy atom. The molecule has 0 spiro atoms. The van der Waals surface area contributed by atoms with Gasteiger partial charge in [0.2, 0.25) is 0 Å². The van der Waals surface area contributed by atoms with E-state index in [9.17, 15) is 9.59 Å². The van der Waals surface area contributed by atoms with E-state index in [1.54, 1.807) is 43.5 Å². The van der Waals surface area contributed by atoms with Crippen LogP contribution in [0, 0.1) is 0 Å². The number of hydrogen-bond acceptors (Lipinski definition) is 5. The number of urea groups is 1. The Balaban J connectivity index is 1.83. The molecule has 0 saturated carbocycles. The van der Waals surface area contributed by atoms with Crippen molar-refractivity contribution < 1.29 is 23.8 Å². The Labute approximate surface area is 145 Å². The second kappa shape index (κ2) is 9.17. The van der Waals surface area contributed by atoms with Crippen molar-refractivity contribution in [3.63, 3.8) is 0 Å². The minimum absolute atomic E-state index is 0.270. The van der Waals surface area contributed by atoms with Crippen LogP contribution in [0.3, 0.4) is 0 Å². The van der Waals surface area contributed by atoms with Gasteiger partial charge in [-0.05, 0) is 24.3 Å². The van der Waals surface area contributed by atoms with E-state index in [4.69, 9.17) is 9.47 Å². The third kappa shape index (κ3) is 5.13. The Hall–Kier alpha value is -3.22. The molecule has 0 atom stereocenters. The van der Waals surface area contributed by atoms with Gasteiger partial charge < -0.3 is 24.8 Å². The van der Waals surface area contributed by atoms with Crippen LogP contribution in [0.25, 0.3) is 0 Å². The van der Waals surface area contributed by atoms with Crippen molar-refractivity contribution in [3.05, 3.63) is 54.1 Å². The Kier molecular flexibility index (Phi) is 6.65. The summed E-state index contributed by atoms with van der Waals surface area (Å²) in [5, 5.41) is 5.27. The maximum atomic E-state index is 12.0. The molecule has 2 amide bonds. The Morgan fingerprint density at radius 3 is 2.36 bits per heavy atom. The van der Waals surface area contributed by atoms with Crippen molar-refractivity contribution in [3.8, 4) is 11.5 Å². The minimum Gasteiger partial charge on any atom is -0.493 e. The highest BCUT2D eigenvalue weighted by Gasteiger charge is 2.12. The standard InChI is InChI=1S/C18H20N2O5/c1-23-15-9-5-6-10-16(15)25-12-11-19-18(22)20-14-8-4-3-7-13(14)17(21)24-2/h3-10H,11-12H2,1-2H3,(H2,19,20,22). The number of rotatable bonds is 7. The van der Waals surface area contributed by atoms with Gasteiger partial charge in [0.05, 0.1) is 32.0 Å². The van der Waals surface area contributed by atoms with Crippen LogP contribution in [0.5, 0.6) is 11.5 Å². The molecule has 0 saturated heterocycles. The van der Waals surface area contributed by atoms with Crippen LogP contribution in [0.2, 0.25) is 0 Å². The van der Waals surface area contributed by atoms with Crippen molar-refractivity contribution in [1.29, 1.82) is 0 Å². The molecule has 0 fully saturated rings. The number of nitrogens with one attached hydrogen (secondary N) is 2. The van der Waals surface area contributed by atoms with Gasteiger partial charge in [0, 0.05) is 0 Å². The lowest BCUT2D eigenvalue weighted by Crippen LogP contribution is -2.32. The fourth-order valence-corrected chi connectivity index (χ4v) is 2.11. The summed E-state index contributed by atoms with van der Waals surface area (Å²) in [7, 11) is 2.85. The number of esters is 1. The van der Waals surface area contributed by atoms with E-state index in [0.29, 0.717) is 17.2 Å². The van der Waals surface area contributed by atoms with Crippen LogP contribution >= 0.6 is 0 Å². The van der Waals surface area contributed by atoms with Crippen LogP contribution in [-0.4, -0.2) is 39.4 Å². The Morgan fingerprint density at radius 1 is 0.960 bits per heavy atom. The third-order valence-corrected chi connectivity index (χ3v) is 3.29. The molecule has 0 aromatic heterocycles. The molecule has 25 heavy (non-hydrogen) atoms. The molecule has 2 N–H and O–H groups in total. The van der Waals surface area contributed by atoms with Gasteiger partial charge in [-0.15, -0.1) is 0 Å². The van der Waals surface area contributed by atoms with Crippen molar-refractivity contribution in [1.82, 2.24) is 5.32 Å². The highest BCUT2D eigenvalue weighted by molar-refractivity contribution is 6.00. The fourth-order valence-electron chi connectivity index (χ4n) is 2.11. The molecule has 0 radical (unpaired) electrons. The van der Waals surface area contributed by atoms with Gasteiger partial charge in [-0.25, -0.2) is 9.59 Å². The summed E-state index contributed by atoms with van der Waals surface area (Å²) in [6, 6.07) is 13.4. The molecule has 0 heterocycles. The predicted octanol–water partition coefficient (Wildman–Crippen LogP) is 2.68. The first-order valence-electron chi connectivity index (χ1n) is 7.63. The number of benzene rings is 2. The summed E-state index contributed by atoms with van der Waals surface area (Å²) in [5.41, 5.74) is 0.655. The first-order valence-corrected chi connectivity index (χ1v) is 7.63. The van der Waals surface area contributed by atoms with E-state index in [2.05, 4.69) is 15.4 Å². The number of carbonyl (C=O) groups is 2. The maximum Gasteiger partial charge on any atom is 0.339 e.